The van der Waals surface area contributed by atoms with Gasteiger partial charge in [0.15, 0.2) is 0 Å². The first-order chi connectivity index (χ1) is 10.8. The van der Waals surface area contributed by atoms with Crippen LogP contribution in [0, 0.1) is 0 Å². The second-order valence-corrected chi connectivity index (χ2v) is 4.93. The van der Waals surface area contributed by atoms with Crippen molar-refractivity contribution in [2.24, 2.45) is 0 Å². The highest BCUT2D eigenvalue weighted by Gasteiger charge is 2.30. The van der Waals surface area contributed by atoms with Crippen LogP contribution in [0.15, 0.2) is 53.3 Å². The highest BCUT2D eigenvalue weighted by molar-refractivity contribution is 5.87. The predicted molar refractivity (Wildman–Crippen MR) is 81.1 cm³/mol. The Kier molecular flexibility index (Phi) is 3.48. The van der Waals surface area contributed by atoms with Gasteiger partial charge in [0.2, 0.25) is 0 Å². The number of aromatic nitrogens is 1. The number of nitrogen functional groups attached to an aromatic ring is 1. The van der Waals surface area contributed by atoms with Gasteiger partial charge in [0, 0.05) is 16.8 Å². The molecule has 3 aromatic rings. The molecule has 0 aliphatic carbocycles. The third-order valence-corrected chi connectivity index (χ3v) is 3.27. The summed E-state index contributed by atoms with van der Waals surface area (Å²) in [6.07, 6.45) is -4.74. The summed E-state index contributed by atoms with van der Waals surface area (Å²) in [5, 5.41) is 1.14. The normalized spacial score (nSPS) is 11.6. The molecule has 3 rings (SSSR count). The number of H-pyrrole nitrogens is 1. The molecule has 0 spiro atoms. The van der Waals surface area contributed by atoms with Gasteiger partial charge in [0.1, 0.15) is 5.75 Å². The molecule has 0 saturated carbocycles. The Bertz CT molecular complexity index is 915. The van der Waals surface area contributed by atoms with E-state index in [1.54, 1.807) is 24.3 Å². The maximum atomic E-state index is 12.1. The molecular weight excluding hydrogens is 309 g/mol. The van der Waals surface area contributed by atoms with Crippen molar-refractivity contribution in [1.82, 2.24) is 4.98 Å². The summed E-state index contributed by atoms with van der Waals surface area (Å²) in [4.78, 5) is 14.8. The first-order valence-corrected chi connectivity index (χ1v) is 6.60. The standard InChI is InChI=1S/C16H11F3N2O2/c17-16(18,19)23-12-4-1-9(2-5-12)14-8-10-7-11(20)3-6-13(10)15(22)21-14/h1-8H,20H2,(H,21,22). The van der Waals surface area contributed by atoms with Crippen molar-refractivity contribution in [2.45, 2.75) is 6.36 Å². The van der Waals surface area contributed by atoms with Gasteiger partial charge in [-0.3, -0.25) is 4.79 Å². The van der Waals surface area contributed by atoms with Gasteiger partial charge in [0.05, 0.1) is 0 Å². The van der Waals surface area contributed by atoms with Gasteiger partial charge in [-0.05, 0) is 59.5 Å². The maximum absolute atomic E-state index is 12.1. The number of rotatable bonds is 2. The average molecular weight is 320 g/mol. The molecular formula is C16H11F3N2O2. The number of benzene rings is 2. The van der Waals surface area contributed by atoms with E-state index in [2.05, 4.69) is 9.72 Å². The highest BCUT2D eigenvalue weighted by atomic mass is 19.4. The largest absolute Gasteiger partial charge is 0.573 e. The summed E-state index contributed by atoms with van der Waals surface area (Å²) in [6.45, 7) is 0. The Morgan fingerprint density at radius 3 is 2.35 bits per heavy atom. The quantitative estimate of drug-likeness (QED) is 0.708. The number of aromatic amines is 1. The van der Waals surface area contributed by atoms with Crippen molar-refractivity contribution >= 4 is 16.5 Å². The van der Waals surface area contributed by atoms with Crippen molar-refractivity contribution in [3.8, 4) is 17.0 Å². The zero-order valence-electron chi connectivity index (χ0n) is 11.6. The molecule has 118 valence electrons. The van der Waals surface area contributed by atoms with E-state index in [1.807, 2.05) is 0 Å². The van der Waals surface area contributed by atoms with E-state index >= 15 is 0 Å². The fraction of sp³-hybridized carbons (Fsp3) is 0.0625. The minimum atomic E-state index is -4.74. The minimum absolute atomic E-state index is 0.298. The van der Waals surface area contributed by atoms with E-state index in [4.69, 9.17) is 5.73 Å². The molecule has 0 atom stereocenters. The Morgan fingerprint density at radius 2 is 1.70 bits per heavy atom. The molecule has 7 heteroatoms. The van der Waals surface area contributed by atoms with E-state index in [0.717, 1.165) is 0 Å². The van der Waals surface area contributed by atoms with Crippen molar-refractivity contribution in [2.75, 3.05) is 5.73 Å². The first-order valence-electron chi connectivity index (χ1n) is 6.60. The molecule has 2 aromatic carbocycles. The van der Waals surface area contributed by atoms with E-state index in [0.29, 0.717) is 27.7 Å². The van der Waals surface area contributed by atoms with Crippen LogP contribution in [0.1, 0.15) is 0 Å². The van der Waals surface area contributed by atoms with Crippen molar-refractivity contribution in [3.63, 3.8) is 0 Å². The van der Waals surface area contributed by atoms with Crippen molar-refractivity contribution in [1.29, 1.82) is 0 Å². The van der Waals surface area contributed by atoms with Gasteiger partial charge >= 0.3 is 6.36 Å². The number of pyridine rings is 1. The van der Waals surface area contributed by atoms with Crippen LogP contribution in [0.3, 0.4) is 0 Å². The molecule has 0 unspecified atom stereocenters. The number of nitrogens with one attached hydrogen (secondary N) is 1. The number of nitrogens with two attached hydrogens (primary N) is 1. The fourth-order valence-electron chi connectivity index (χ4n) is 2.28. The summed E-state index contributed by atoms with van der Waals surface area (Å²) in [5.41, 5.74) is 6.96. The summed E-state index contributed by atoms with van der Waals surface area (Å²) in [6, 6.07) is 11.9. The van der Waals surface area contributed by atoms with Gasteiger partial charge in [-0.25, -0.2) is 0 Å². The van der Waals surface area contributed by atoms with Gasteiger partial charge in [-0.1, -0.05) is 0 Å². The molecule has 23 heavy (non-hydrogen) atoms. The Hall–Kier alpha value is -2.96. The monoisotopic (exact) mass is 320 g/mol. The topological polar surface area (TPSA) is 68.1 Å². The molecule has 0 aliphatic heterocycles. The fourth-order valence-corrected chi connectivity index (χ4v) is 2.28. The van der Waals surface area contributed by atoms with Crippen LogP contribution in [0.25, 0.3) is 22.0 Å². The van der Waals surface area contributed by atoms with Crippen LogP contribution in [0.2, 0.25) is 0 Å². The number of ether oxygens (including phenoxy) is 1. The summed E-state index contributed by atoms with van der Waals surface area (Å²) < 4.78 is 40.3. The Balaban J connectivity index is 2.01. The lowest BCUT2D eigenvalue weighted by Crippen LogP contribution is -2.17. The van der Waals surface area contributed by atoms with Crippen molar-refractivity contribution < 1.29 is 17.9 Å². The molecule has 0 fully saturated rings. The summed E-state index contributed by atoms with van der Waals surface area (Å²) >= 11 is 0. The molecule has 0 amide bonds. The van der Waals surface area contributed by atoms with E-state index in [1.165, 1.54) is 24.3 Å². The van der Waals surface area contributed by atoms with Gasteiger partial charge in [-0.15, -0.1) is 13.2 Å². The van der Waals surface area contributed by atoms with Gasteiger partial charge < -0.3 is 15.5 Å². The second-order valence-electron chi connectivity index (χ2n) is 4.93. The Labute approximate surface area is 128 Å². The van der Waals surface area contributed by atoms with E-state index in [-0.39, 0.29) is 11.3 Å². The molecule has 3 N–H and O–H groups in total. The third kappa shape index (κ3) is 3.28. The Morgan fingerprint density at radius 1 is 1.00 bits per heavy atom. The number of anilines is 1. The summed E-state index contributed by atoms with van der Waals surface area (Å²) in [7, 11) is 0. The van der Waals surface area contributed by atoms with Crippen LogP contribution in [0.4, 0.5) is 18.9 Å². The molecule has 1 aromatic heterocycles. The lowest BCUT2D eigenvalue weighted by atomic mass is 10.1. The highest BCUT2D eigenvalue weighted by Crippen LogP contribution is 2.26. The van der Waals surface area contributed by atoms with Gasteiger partial charge in [-0.2, -0.15) is 0 Å². The van der Waals surface area contributed by atoms with Crippen LogP contribution in [-0.2, 0) is 0 Å². The first kappa shape index (κ1) is 15.0. The maximum Gasteiger partial charge on any atom is 0.573 e. The summed E-state index contributed by atoms with van der Waals surface area (Å²) in [5.74, 6) is -0.325. The van der Waals surface area contributed by atoms with Crippen LogP contribution in [-0.4, -0.2) is 11.3 Å². The zero-order chi connectivity index (χ0) is 16.6. The third-order valence-electron chi connectivity index (χ3n) is 3.27. The number of hydrogen-bond donors (Lipinski definition) is 2. The molecule has 0 radical (unpaired) electrons. The number of alkyl halides is 3. The smallest absolute Gasteiger partial charge is 0.406 e. The second kappa shape index (κ2) is 5.35. The molecule has 0 bridgehead atoms. The molecule has 0 aliphatic rings. The SMILES string of the molecule is Nc1ccc2c(=O)[nH]c(-c3ccc(OC(F)(F)F)cc3)cc2c1. The van der Waals surface area contributed by atoms with E-state index < -0.39 is 6.36 Å². The van der Waals surface area contributed by atoms with Gasteiger partial charge in [0.25, 0.3) is 5.56 Å². The average Bonchev–Trinajstić information content (AvgIpc) is 2.45. The lowest BCUT2D eigenvalue weighted by Gasteiger charge is -2.09. The number of hydrogen-bond acceptors (Lipinski definition) is 3. The number of halogens is 3. The van der Waals surface area contributed by atoms with Crippen molar-refractivity contribution in [3.05, 3.63) is 58.9 Å². The van der Waals surface area contributed by atoms with Crippen LogP contribution < -0.4 is 16.0 Å². The molecule has 1 heterocycles. The lowest BCUT2D eigenvalue weighted by molar-refractivity contribution is -0.274. The van der Waals surface area contributed by atoms with Crippen LogP contribution in [0.5, 0.6) is 5.75 Å². The number of fused-ring (bicyclic) bond motifs is 1. The minimum Gasteiger partial charge on any atom is -0.406 e. The molecule has 0 saturated heterocycles. The van der Waals surface area contributed by atoms with E-state index in [9.17, 15) is 18.0 Å². The van der Waals surface area contributed by atoms with Crippen LogP contribution >= 0.6 is 0 Å². The molecule has 4 nitrogen and oxygen atoms in total. The predicted octanol–water partition coefficient (Wildman–Crippen LogP) is 3.68. The zero-order valence-corrected chi connectivity index (χ0v) is 11.6.